The lowest BCUT2D eigenvalue weighted by Crippen LogP contribution is -2.41. The van der Waals surface area contributed by atoms with Crippen molar-refractivity contribution in [2.45, 2.75) is 61.6 Å². The molecule has 3 aliphatic rings. The lowest BCUT2D eigenvalue weighted by molar-refractivity contribution is -0.150. The van der Waals surface area contributed by atoms with E-state index in [1.54, 1.807) is 0 Å². The number of hydrogen-bond acceptors (Lipinski definition) is 8. The lowest BCUT2D eigenvalue weighted by Gasteiger charge is -2.24. The SMILES string of the molecule is CCC(C)(C)C(=O)SCC(=O)OC1C2CC3C(S2)C1OS3(=O)=O. The molecule has 2 bridgehead atoms. The lowest BCUT2D eigenvalue weighted by atomic mass is 9.92. The topological polar surface area (TPSA) is 86.7 Å². The van der Waals surface area contributed by atoms with E-state index in [4.69, 9.17) is 8.92 Å². The van der Waals surface area contributed by atoms with E-state index in [0.717, 1.165) is 11.8 Å². The summed E-state index contributed by atoms with van der Waals surface area (Å²) in [5, 5.41) is -0.655. The molecule has 23 heavy (non-hydrogen) atoms. The molecule has 6 nitrogen and oxygen atoms in total. The standard InChI is InChI=1S/C14H20O6S3/c1-4-14(2,3)13(16)21-6-9(15)19-10-7-5-8-12(22-7)11(10)20-23(8,17)18/h7-8,10-12H,4-6H2,1-3H3. The minimum Gasteiger partial charge on any atom is -0.458 e. The van der Waals surface area contributed by atoms with Crippen LogP contribution in [0.15, 0.2) is 0 Å². The van der Waals surface area contributed by atoms with Gasteiger partial charge in [-0.3, -0.25) is 13.8 Å². The third-order valence-corrected chi connectivity index (χ3v) is 9.62. The molecule has 0 amide bonds. The highest BCUT2D eigenvalue weighted by molar-refractivity contribution is 8.14. The number of hydrogen-bond donors (Lipinski definition) is 0. The van der Waals surface area contributed by atoms with Gasteiger partial charge in [0.2, 0.25) is 0 Å². The van der Waals surface area contributed by atoms with Gasteiger partial charge < -0.3 is 4.74 Å². The van der Waals surface area contributed by atoms with Gasteiger partial charge in [-0.15, -0.1) is 11.8 Å². The molecule has 3 aliphatic heterocycles. The largest absolute Gasteiger partial charge is 0.458 e. The van der Waals surface area contributed by atoms with Crippen LogP contribution in [0.2, 0.25) is 0 Å². The zero-order valence-corrected chi connectivity index (χ0v) is 15.6. The van der Waals surface area contributed by atoms with Gasteiger partial charge in [0, 0.05) is 10.7 Å². The number of carbonyl (C=O) groups excluding carboxylic acids is 2. The maximum Gasteiger partial charge on any atom is 0.316 e. The highest BCUT2D eigenvalue weighted by Gasteiger charge is 2.66. The van der Waals surface area contributed by atoms with Crippen molar-refractivity contribution in [3.8, 4) is 0 Å². The zero-order chi connectivity index (χ0) is 17.0. The second-order valence-corrected chi connectivity index (χ2v) is 10.9. The van der Waals surface area contributed by atoms with Crippen molar-refractivity contribution in [1.82, 2.24) is 0 Å². The van der Waals surface area contributed by atoms with Crippen molar-refractivity contribution < 1.29 is 26.9 Å². The van der Waals surface area contributed by atoms with Gasteiger partial charge in [0.05, 0.1) is 11.0 Å². The average molecular weight is 381 g/mol. The maximum atomic E-state index is 12.0. The maximum absolute atomic E-state index is 12.0. The first-order valence-corrected chi connectivity index (χ1v) is 11.0. The molecule has 0 saturated carbocycles. The van der Waals surface area contributed by atoms with E-state index in [1.807, 2.05) is 20.8 Å². The molecule has 0 radical (unpaired) electrons. The van der Waals surface area contributed by atoms with Gasteiger partial charge in [-0.2, -0.15) is 8.42 Å². The summed E-state index contributed by atoms with van der Waals surface area (Å²) < 4.78 is 34.3. The molecule has 0 aromatic heterocycles. The summed E-state index contributed by atoms with van der Waals surface area (Å²) in [5.41, 5.74) is -0.469. The Morgan fingerprint density at radius 3 is 2.74 bits per heavy atom. The molecular formula is C14H20O6S3. The number of carbonyl (C=O) groups is 2. The number of fused-ring (bicyclic) bond motifs is 1. The molecule has 0 N–H and O–H groups in total. The Morgan fingerprint density at radius 2 is 2.09 bits per heavy atom. The number of esters is 1. The van der Waals surface area contributed by atoms with Crippen molar-refractivity contribution >= 4 is 44.7 Å². The second-order valence-electron chi connectivity index (χ2n) is 6.73. The molecule has 0 spiro atoms. The first kappa shape index (κ1) is 17.6. The quantitative estimate of drug-likeness (QED) is 0.525. The van der Waals surface area contributed by atoms with Crippen LogP contribution in [-0.2, 0) is 28.6 Å². The van der Waals surface area contributed by atoms with E-state index in [1.165, 1.54) is 11.8 Å². The Morgan fingerprint density at radius 1 is 1.39 bits per heavy atom. The molecule has 0 aliphatic carbocycles. The fourth-order valence-electron chi connectivity index (χ4n) is 3.02. The third kappa shape index (κ3) is 3.05. The second kappa shape index (κ2) is 5.93. The third-order valence-electron chi connectivity index (χ3n) is 4.82. The summed E-state index contributed by atoms with van der Waals surface area (Å²) >= 11 is 2.50. The molecule has 3 fully saturated rings. The number of rotatable bonds is 5. The van der Waals surface area contributed by atoms with Crippen molar-refractivity contribution in [3.05, 3.63) is 0 Å². The van der Waals surface area contributed by atoms with E-state index in [9.17, 15) is 18.0 Å². The van der Waals surface area contributed by atoms with E-state index in [-0.39, 0.29) is 21.4 Å². The van der Waals surface area contributed by atoms with Gasteiger partial charge in [0.25, 0.3) is 10.1 Å². The highest BCUT2D eigenvalue weighted by atomic mass is 32.2. The van der Waals surface area contributed by atoms with Gasteiger partial charge in [0.15, 0.2) is 5.12 Å². The molecule has 3 heterocycles. The first-order valence-electron chi connectivity index (χ1n) is 7.60. The van der Waals surface area contributed by atoms with Crippen LogP contribution in [0, 0.1) is 5.41 Å². The summed E-state index contributed by atoms with van der Waals surface area (Å²) in [4.78, 5) is 24.0. The molecule has 5 unspecified atom stereocenters. The molecule has 9 heteroatoms. The van der Waals surface area contributed by atoms with Gasteiger partial charge in [0.1, 0.15) is 17.5 Å². The van der Waals surface area contributed by atoms with Gasteiger partial charge in [-0.05, 0) is 12.8 Å². The van der Waals surface area contributed by atoms with Crippen LogP contribution in [0.1, 0.15) is 33.6 Å². The minimum absolute atomic E-state index is 0.0241. The Labute approximate surface area is 144 Å². The smallest absolute Gasteiger partial charge is 0.316 e. The molecular weight excluding hydrogens is 360 g/mol. The molecule has 5 atom stereocenters. The van der Waals surface area contributed by atoms with Crippen LogP contribution in [0.3, 0.4) is 0 Å². The van der Waals surface area contributed by atoms with Crippen molar-refractivity contribution in [1.29, 1.82) is 0 Å². The van der Waals surface area contributed by atoms with E-state index >= 15 is 0 Å². The monoisotopic (exact) mass is 380 g/mol. The summed E-state index contributed by atoms with van der Waals surface area (Å²) in [6, 6.07) is 0. The summed E-state index contributed by atoms with van der Waals surface area (Å²) in [5.74, 6) is -0.540. The van der Waals surface area contributed by atoms with Crippen molar-refractivity contribution in [2.24, 2.45) is 5.41 Å². The van der Waals surface area contributed by atoms with Crippen LogP contribution >= 0.6 is 23.5 Å². The van der Waals surface area contributed by atoms with Gasteiger partial charge in [-0.25, -0.2) is 0 Å². The predicted molar refractivity (Wildman–Crippen MR) is 88.8 cm³/mol. The Kier molecular flexibility index (Phi) is 4.53. The summed E-state index contributed by atoms with van der Waals surface area (Å²) in [7, 11) is -3.52. The molecule has 0 aromatic rings. The van der Waals surface area contributed by atoms with E-state index in [0.29, 0.717) is 12.8 Å². The van der Waals surface area contributed by atoms with Crippen LogP contribution in [-0.4, -0.2) is 53.2 Å². The van der Waals surface area contributed by atoms with E-state index < -0.39 is 39.0 Å². The van der Waals surface area contributed by atoms with Crippen LogP contribution in [0.25, 0.3) is 0 Å². The number of thioether (sulfide) groups is 2. The fraction of sp³-hybridized carbons (Fsp3) is 0.857. The fourth-order valence-corrected chi connectivity index (χ4v) is 8.01. The first-order chi connectivity index (χ1) is 10.7. The normalized spacial score (nSPS) is 37.1. The average Bonchev–Trinajstić information content (AvgIpc) is 3.08. The highest BCUT2D eigenvalue weighted by Crippen LogP contribution is 2.55. The predicted octanol–water partition coefficient (Wildman–Crippen LogP) is 1.58. The Balaban J connectivity index is 1.55. The number of ether oxygens (including phenoxy) is 1. The molecule has 3 saturated heterocycles. The zero-order valence-electron chi connectivity index (χ0n) is 13.2. The van der Waals surface area contributed by atoms with Crippen LogP contribution in [0.5, 0.6) is 0 Å². The molecule has 0 aromatic carbocycles. The Hall–Kier alpha value is -0.250. The van der Waals surface area contributed by atoms with Crippen LogP contribution < -0.4 is 0 Å². The summed E-state index contributed by atoms with van der Waals surface area (Å²) in [6.07, 6.45) is 0.0824. The molecule has 3 rings (SSSR count). The Bertz CT molecular complexity index is 628. The van der Waals surface area contributed by atoms with Gasteiger partial charge >= 0.3 is 5.97 Å². The van der Waals surface area contributed by atoms with Gasteiger partial charge in [-0.1, -0.05) is 32.5 Å². The van der Waals surface area contributed by atoms with Crippen LogP contribution in [0.4, 0.5) is 0 Å². The molecule has 130 valence electrons. The minimum atomic E-state index is -3.52. The van der Waals surface area contributed by atoms with E-state index in [2.05, 4.69) is 0 Å². The van der Waals surface area contributed by atoms with Crippen molar-refractivity contribution in [3.63, 3.8) is 0 Å². The van der Waals surface area contributed by atoms with Crippen molar-refractivity contribution in [2.75, 3.05) is 5.75 Å². The summed E-state index contributed by atoms with van der Waals surface area (Å²) in [6.45, 7) is 5.62.